The van der Waals surface area contributed by atoms with Crippen molar-refractivity contribution in [2.24, 2.45) is 0 Å². The predicted molar refractivity (Wildman–Crippen MR) is 56.3 cm³/mol. The molecule has 0 saturated heterocycles. The molecule has 1 rings (SSSR count). The van der Waals surface area contributed by atoms with E-state index < -0.39 is 0 Å². The molecular weight excluding hydrogens is 182 g/mol. The van der Waals surface area contributed by atoms with Crippen LogP contribution in [0.2, 0.25) is 0 Å². The molecule has 0 spiro atoms. The minimum absolute atomic E-state index is 0.164. The molecule has 72 valence electrons. The fourth-order valence-electron chi connectivity index (χ4n) is 1.25. The van der Waals surface area contributed by atoms with E-state index in [0.29, 0.717) is 0 Å². The quantitative estimate of drug-likeness (QED) is 0.729. The molecule has 13 heavy (non-hydrogen) atoms. The van der Waals surface area contributed by atoms with Crippen molar-refractivity contribution in [2.75, 3.05) is 13.1 Å². The van der Waals surface area contributed by atoms with E-state index in [1.165, 1.54) is 11.3 Å². The summed E-state index contributed by atoms with van der Waals surface area (Å²) in [5.74, 6) is 0.164. The number of hydrogen-bond acceptors (Lipinski definition) is 2. The van der Waals surface area contributed by atoms with Gasteiger partial charge < -0.3 is 4.90 Å². The van der Waals surface area contributed by atoms with Crippen LogP contribution in [-0.2, 0) is 0 Å². The molecule has 2 nitrogen and oxygen atoms in total. The molecule has 0 aromatic carbocycles. The van der Waals surface area contributed by atoms with Gasteiger partial charge in [-0.05, 0) is 37.8 Å². The average molecular weight is 197 g/mol. The lowest BCUT2D eigenvalue weighted by molar-refractivity contribution is 0.0777. The molecule has 0 aliphatic rings. The topological polar surface area (TPSA) is 20.3 Å². The SMILES string of the molecule is CCN(CC)C(=O)c1sccc1C. The van der Waals surface area contributed by atoms with Crippen LogP contribution in [0.1, 0.15) is 29.1 Å². The fraction of sp³-hybridized carbons (Fsp3) is 0.500. The van der Waals surface area contributed by atoms with Gasteiger partial charge in [0.15, 0.2) is 0 Å². The number of amides is 1. The van der Waals surface area contributed by atoms with Gasteiger partial charge in [-0.1, -0.05) is 0 Å². The minimum Gasteiger partial charge on any atom is -0.339 e. The van der Waals surface area contributed by atoms with Crippen LogP contribution < -0.4 is 0 Å². The van der Waals surface area contributed by atoms with Crippen LogP contribution in [-0.4, -0.2) is 23.9 Å². The van der Waals surface area contributed by atoms with Gasteiger partial charge in [-0.3, -0.25) is 4.79 Å². The van der Waals surface area contributed by atoms with E-state index in [9.17, 15) is 4.79 Å². The Morgan fingerprint density at radius 2 is 2.08 bits per heavy atom. The van der Waals surface area contributed by atoms with E-state index in [1.54, 1.807) is 0 Å². The summed E-state index contributed by atoms with van der Waals surface area (Å²) in [7, 11) is 0. The number of carbonyl (C=O) groups excluding carboxylic acids is 1. The molecule has 0 aliphatic heterocycles. The average Bonchev–Trinajstić information content (AvgIpc) is 2.53. The van der Waals surface area contributed by atoms with Crippen LogP contribution in [0.5, 0.6) is 0 Å². The Kier molecular flexibility index (Phi) is 3.48. The monoisotopic (exact) mass is 197 g/mol. The maximum Gasteiger partial charge on any atom is 0.264 e. The normalized spacial score (nSPS) is 10.1. The second kappa shape index (κ2) is 4.42. The van der Waals surface area contributed by atoms with Gasteiger partial charge in [0.1, 0.15) is 0 Å². The summed E-state index contributed by atoms with van der Waals surface area (Å²) >= 11 is 1.53. The van der Waals surface area contributed by atoms with Crippen molar-refractivity contribution in [3.63, 3.8) is 0 Å². The molecule has 0 N–H and O–H groups in total. The highest BCUT2D eigenvalue weighted by Gasteiger charge is 2.15. The van der Waals surface area contributed by atoms with E-state index in [4.69, 9.17) is 0 Å². The molecule has 0 aliphatic carbocycles. The van der Waals surface area contributed by atoms with E-state index in [0.717, 1.165) is 23.5 Å². The van der Waals surface area contributed by atoms with Crippen molar-refractivity contribution in [2.45, 2.75) is 20.8 Å². The smallest absolute Gasteiger partial charge is 0.264 e. The molecule has 0 unspecified atom stereocenters. The first-order valence-electron chi connectivity index (χ1n) is 4.54. The molecule has 1 heterocycles. The van der Waals surface area contributed by atoms with Gasteiger partial charge in [-0.2, -0.15) is 0 Å². The molecule has 0 fully saturated rings. The molecule has 1 aromatic rings. The Hall–Kier alpha value is -0.830. The first-order valence-corrected chi connectivity index (χ1v) is 5.42. The lowest BCUT2D eigenvalue weighted by atomic mass is 10.2. The zero-order chi connectivity index (χ0) is 9.84. The van der Waals surface area contributed by atoms with Crippen molar-refractivity contribution in [3.05, 3.63) is 21.9 Å². The second-order valence-electron chi connectivity index (χ2n) is 2.91. The van der Waals surface area contributed by atoms with Crippen LogP contribution >= 0.6 is 11.3 Å². The Bertz CT molecular complexity index is 289. The fourth-order valence-corrected chi connectivity index (χ4v) is 2.14. The number of aryl methyl sites for hydroxylation is 1. The van der Waals surface area contributed by atoms with E-state index in [-0.39, 0.29) is 5.91 Å². The molecule has 1 aromatic heterocycles. The first kappa shape index (κ1) is 10.3. The van der Waals surface area contributed by atoms with Crippen molar-refractivity contribution in [1.29, 1.82) is 0 Å². The van der Waals surface area contributed by atoms with Gasteiger partial charge >= 0.3 is 0 Å². The second-order valence-corrected chi connectivity index (χ2v) is 3.83. The summed E-state index contributed by atoms with van der Waals surface area (Å²) in [5.41, 5.74) is 1.09. The Morgan fingerprint density at radius 3 is 2.46 bits per heavy atom. The highest BCUT2D eigenvalue weighted by atomic mass is 32.1. The van der Waals surface area contributed by atoms with Gasteiger partial charge in [0.2, 0.25) is 0 Å². The Balaban J connectivity index is 2.84. The molecule has 0 atom stereocenters. The Labute approximate surface area is 83.2 Å². The van der Waals surface area contributed by atoms with E-state index in [1.807, 2.05) is 37.1 Å². The third-order valence-corrected chi connectivity index (χ3v) is 3.11. The van der Waals surface area contributed by atoms with Crippen molar-refractivity contribution < 1.29 is 4.79 Å². The summed E-state index contributed by atoms with van der Waals surface area (Å²) < 4.78 is 0. The maximum atomic E-state index is 11.8. The van der Waals surface area contributed by atoms with Crippen LogP contribution in [0.4, 0.5) is 0 Å². The summed E-state index contributed by atoms with van der Waals surface area (Å²) in [6.07, 6.45) is 0. The highest BCUT2D eigenvalue weighted by molar-refractivity contribution is 7.12. The maximum absolute atomic E-state index is 11.8. The lowest BCUT2D eigenvalue weighted by Gasteiger charge is -2.17. The molecular formula is C10H15NOS. The first-order chi connectivity index (χ1) is 6.20. The predicted octanol–water partition coefficient (Wildman–Crippen LogP) is 2.54. The number of hydrogen-bond donors (Lipinski definition) is 0. The molecule has 1 amide bonds. The zero-order valence-electron chi connectivity index (χ0n) is 8.33. The van der Waals surface area contributed by atoms with Gasteiger partial charge in [-0.15, -0.1) is 11.3 Å². The minimum atomic E-state index is 0.164. The van der Waals surface area contributed by atoms with Crippen LogP contribution in [0, 0.1) is 6.92 Å². The van der Waals surface area contributed by atoms with Crippen LogP contribution in [0.3, 0.4) is 0 Å². The summed E-state index contributed by atoms with van der Waals surface area (Å²) in [4.78, 5) is 14.5. The van der Waals surface area contributed by atoms with Gasteiger partial charge in [0, 0.05) is 13.1 Å². The van der Waals surface area contributed by atoms with Gasteiger partial charge in [-0.25, -0.2) is 0 Å². The summed E-state index contributed by atoms with van der Waals surface area (Å²) in [6, 6.07) is 1.99. The zero-order valence-corrected chi connectivity index (χ0v) is 9.15. The van der Waals surface area contributed by atoms with Crippen molar-refractivity contribution in [3.8, 4) is 0 Å². The molecule has 0 radical (unpaired) electrons. The van der Waals surface area contributed by atoms with Crippen molar-refractivity contribution >= 4 is 17.2 Å². The standard InChI is InChI=1S/C10H15NOS/c1-4-11(5-2)10(12)9-8(3)6-7-13-9/h6-7H,4-5H2,1-3H3. The number of thiophene rings is 1. The third kappa shape index (κ3) is 2.10. The van der Waals surface area contributed by atoms with Crippen molar-refractivity contribution in [1.82, 2.24) is 4.90 Å². The number of rotatable bonds is 3. The number of carbonyl (C=O) groups is 1. The van der Waals surface area contributed by atoms with E-state index in [2.05, 4.69) is 0 Å². The highest BCUT2D eigenvalue weighted by Crippen LogP contribution is 2.17. The van der Waals surface area contributed by atoms with Crippen LogP contribution in [0.25, 0.3) is 0 Å². The number of nitrogens with zero attached hydrogens (tertiary/aromatic N) is 1. The Morgan fingerprint density at radius 1 is 1.46 bits per heavy atom. The molecule has 3 heteroatoms. The van der Waals surface area contributed by atoms with Crippen LogP contribution in [0.15, 0.2) is 11.4 Å². The lowest BCUT2D eigenvalue weighted by Crippen LogP contribution is -2.30. The third-order valence-electron chi connectivity index (χ3n) is 2.11. The summed E-state index contributed by atoms with van der Waals surface area (Å²) in [5, 5.41) is 1.96. The van der Waals surface area contributed by atoms with E-state index >= 15 is 0 Å². The van der Waals surface area contributed by atoms with Gasteiger partial charge in [0.25, 0.3) is 5.91 Å². The van der Waals surface area contributed by atoms with Gasteiger partial charge in [0.05, 0.1) is 4.88 Å². The molecule has 0 saturated carbocycles. The molecule has 0 bridgehead atoms. The summed E-state index contributed by atoms with van der Waals surface area (Å²) in [6.45, 7) is 7.56. The largest absolute Gasteiger partial charge is 0.339 e.